The highest BCUT2D eigenvalue weighted by molar-refractivity contribution is 7.85. The van der Waals surface area contributed by atoms with E-state index in [-0.39, 0.29) is 6.61 Å². The fourth-order valence-corrected chi connectivity index (χ4v) is 3.61. The molecule has 1 aliphatic rings. The van der Waals surface area contributed by atoms with Crippen molar-refractivity contribution in [2.45, 2.75) is 66.2 Å². The Balaban J connectivity index is 2.71. The first-order valence-corrected chi connectivity index (χ1v) is 9.88. The van der Waals surface area contributed by atoms with Gasteiger partial charge in [0.1, 0.15) is 11.6 Å². The maximum atomic E-state index is 12.3. The van der Waals surface area contributed by atoms with E-state index in [1.54, 1.807) is 27.7 Å². The van der Waals surface area contributed by atoms with Gasteiger partial charge in [-0.1, -0.05) is 0 Å². The summed E-state index contributed by atoms with van der Waals surface area (Å²) in [6, 6.07) is -1.91. The third kappa shape index (κ3) is 5.80. The predicted octanol–water partition coefficient (Wildman–Crippen LogP) is 0.961. The zero-order valence-electron chi connectivity index (χ0n) is 16.7. The van der Waals surface area contributed by atoms with Crippen LogP contribution in [0.25, 0.3) is 0 Å². The molecular weight excluding hydrogens is 380 g/mol. The number of nitrogens with zero attached hydrogens (tertiary/aromatic N) is 1. The second-order valence-electron chi connectivity index (χ2n) is 7.82. The van der Waals surface area contributed by atoms with Crippen LogP contribution < -0.4 is 5.32 Å². The molecule has 1 N–H and O–H groups in total. The molecule has 1 saturated heterocycles. The minimum absolute atomic E-state index is 0.147. The Labute approximate surface area is 159 Å². The molecule has 156 valence electrons. The van der Waals surface area contributed by atoms with Crippen LogP contribution in [0.15, 0.2) is 0 Å². The van der Waals surface area contributed by atoms with E-state index in [0.29, 0.717) is 4.31 Å². The number of amides is 2. The molecule has 27 heavy (non-hydrogen) atoms. The fraction of sp³-hybridized carbons (Fsp3) is 0.812. The lowest BCUT2D eigenvalue weighted by Gasteiger charge is -2.43. The number of nitrogens with one attached hydrogen (secondary N) is 1. The van der Waals surface area contributed by atoms with Gasteiger partial charge in [0.05, 0.1) is 24.7 Å². The van der Waals surface area contributed by atoms with Crippen molar-refractivity contribution < 1.29 is 36.5 Å². The van der Waals surface area contributed by atoms with Crippen LogP contribution in [0.5, 0.6) is 0 Å². The topological polar surface area (TPSA) is 128 Å². The highest BCUT2D eigenvalue weighted by atomic mass is 32.2. The van der Waals surface area contributed by atoms with Crippen molar-refractivity contribution in [1.29, 1.82) is 0 Å². The minimum Gasteiger partial charge on any atom is -0.466 e. The van der Waals surface area contributed by atoms with Gasteiger partial charge in [0, 0.05) is 0 Å². The molecule has 1 unspecified atom stereocenters. The minimum atomic E-state index is -4.42. The van der Waals surface area contributed by atoms with Crippen LogP contribution in [-0.2, 0) is 33.6 Å². The van der Waals surface area contributed by atoms with Crippen LogP contribution >= 0.6 is 0 Å². The lowest BCUT2D eigenvalue weighted by atomic mass is 9.95. The largest absolute Gasteiger partial charge is 0.466 e. The Kier molecular flexibility index (Phi) is 6.87. The zero-order valence-corrected chi connectivity index (χ0v) is 17.5. The Morgan fingerprint density at radius 2 is 1.74 bits per heavy atom. The zero-order chi connectivity index (χ0) is 21.2. The van der Waals surface area contributed by atoms with Gasteiger partial charge in [-0.05, 0) is 48.5 Å². The molecule has 0 spiro atoms. The van der Waals surface area contributed by atoms with Gasteiger partial charge < -0.3 is 14.8 Å². The predicted molar refractivity (Wildman–Crippen MR) is 94.8 cm³/mol. The van der Waals surface area contributed by atoms with Gasteiger partial charge in [-0.25, -0.2) is 9.10 Å². The summed E-state index contributed by atoms with van der Waals surface area (Å²) in [5.41, 5.74) is -1.97. The monoisotopic (exact) mass is 408 g/mol. The Hall–Kier alpha value is -1.88. The van der Waals surface area contributed by atoms with E-state index in [2.05, 4.69) is 5.32 Å². The first kappa shape index (κ1) is 23.2. The Bertz CT molecular complexity index is 696. The third-order valence-corrected chi connectivity index (χ3v) is 5.06. The number of carbonyl (C=O) groups is 3. The molecule has 0 saturated carbocycles. The Morgan fingerprint density at radius 1 is 1.19 bits per heavy atom. The van der Waals surface area contributed by atoms with E-state index in [9.17, 15) is 22.8 Å². The quantitative estimate of drug-likeness (QED) is 0.487. The molecule has 1 fully saturated rings. The Morgan fingerprint density at radius 3 is 2.19 bits per heavy atom. The van der Waals surface area contributed by atoms with Crippen molar-refractivity contribution in [3.63, 3.8) is 0 Å². The van der Waals surface area contributed by atoms with Crippen LogP contribution in [0.2, 0.25) is 0 Å². The van der Waals surface area contributed by atoms with Crippen molar-refractivity contribution in [2.24, 2.45) is 5.41 Å². The average Bonchev–Trinajstić information content (AvgIpc) is 2.49. The number of carbonyl (C=O) groups excluding carboxylic acids is 3. The first-order chi connectivity index (χ1) is 12.1. The summed E-state index contributed by atoms with van der Waals surface area (Å²) in [5, 5.41) is 2.34. The highest BCUT2D eigenvalue weighted by Crippen LogP contribution is 2.27. The summed E-state index contributed by atoms with van der Waals surface area (Å²) in [6.45, 7) is 10.6. The molecular formula is C16H28N2O8S. The molecule has 1 heterocycles. The maximum Gasteiger partial charge on any atom is 0.408 e. The van der Waals surface area contributed by atoms with E-state index >= 15 is 0 Å². The van der Waals surface area contributed by atoms with Crippen LogP contribution in [0.1, 0.15) is 48.5 Å². The van der Waals surface area contributed by atoms with Crippen molar-refractivity contribution in [3.8, 4) is 0 Å². The van der Waals surface area contributed by atoms with Crippen molar-refractivity contribution in [1.82, 2.24) is 9.62 Å². The number of ether oxygens (including phenoxy) is 2. The average molecular weight is 408 g/mol. The summed E-state index contributed by atoms with van der Waals surface area (Å²) >= 11 is 0. The molecule has 0 aliphatic carbocycles. The van der Waals surface area contributed by atoms with E-state index in [0.717, 1.165) is 0 Å². The summed E-state index contributed by atoms with van der Waals surface area (Å²) in [6.07, 6.45) is -0.825. The van der Waals surface area contributed by atoms with E-state index < -0.39 is 58.0 Å². The van der Waals surface area contributed by atoms with Crippen molar-refractivity contribution in [2.75, 3.05) is 13.2 Å². The number of esters is 1. The molecule has 1 aliphatic heterocycles. The standard InChI is InChI=1S/C16H28N2O8S/c1-8-24-13(20)16(6,7)9-25-27(22,23)18-10(2)11(12(18)19)17-14(21)26-15(3,4)5/h10-11H,8-9H2,1-7H3,(H,17,21)/t10-,11?/m0/s1. The van der Waals surface area contributed by atoms with Crippen molar-refractivity contribution >= 4 is 28.3 Å². The number of rotatable bonds is 7. The summed E-state index contributed by atoms with van der Waals surface area (Å²) < 4.78 is 39.9. The molecule has 1 rings (SSSR count). The molecule has 2 amide bonds. The van der Waals surface area contributed by atoms with Crippen LogP contribution in [0.3, 0.4) is 0 Å². The molecule has 0 aromatic rings. The molecule has 0 radical (unpaired) electrons. The molecule has 0 aromatic heterocycles. The number of alkyl carbamates (subject to hydrolysis) is 1. The molecule has 10 nitrogen and oxygen atoms in total. The number of β-lactam (4-membered cyclic amide) rings is 1. The van der Waals surface area contributed by atoms with Crippen molar-refractivity contribution in [3.05, 3.63) is 0 Å². The van der Waals surface area contributed by atoms with E-state index in [4.69, 9.17) is 13.7 Å². The van der Waals surface area contributed by atoms with E-state index in [1.807, 2.05) is 0 Å². The van der Waals surface area contributed by atoms with Crippen LogP contribution in [0, 0.1) is 5.41 Å². The highest BCUT2D eigenvalue weighted by Gasteiger charge is 2.53. The molecule has 11 heteroatoms. The number of hydrogen-bond acceptors (Lipinski definition) is 8. The smallest absolute Gasteiger partial charge is 0.408 e. The van der Waals surface area contributed by atoms with Gasteiger partial charge in [0.15, 0.2) is 0 Å². The van der Waals surface area contributed by atoms with Gasteiger partial charge in [0.2, 0.25) is 0 Å². The van der Waals surface area contributed by atoms with E-state index in [1.165, 1.54) is 20.8 Å². The number of hydrogen-bond donors (Lipinski definition) is 1. The van der Waals surface area contributed by atoms with Gasteiger partial charge >= 0.3 is 22.4 Å². The summed E-state index contributed by atoms with van der Waals surface area (Å²) in [5.74, 6) is -1.46. The molecule has 0 aromatic carbocycles. The maximum absolute atomic E-state index is 12.3. The van der Waals surface area contributed by atoms with Gasteiger partial charge in [-0.3, -0.25) is 13.8 Å². The van der Waals surface area contributed by atoms with Gasteiger partial charge in [-0.15, -0.1) is 0 Å². The summed E-state index contributed by atoms with van der Waals surface area (Å²) in [4.78, 5) is 35.8. The lowest BCUT2D eigenvalue weighted by molar-refractivity contribution is -0.155. The second kappa shape index (κ2) is 8.01. The lowest BCUT2D eigenvalue weighted by Crippen LogP contribution is -2.71. The van der Waals surface area contributed by atoms with Crippen LogP contribution in [0.4, 0.5) is 4.79 Å². The first-order valence-electron chi connectivity index (χ1n) is 8.52. The normalized spacial score (nSPS) is 20.7. The van der Waals surface area contributed by atoms with Crippen LogP contribution in [-0.4, -0.2) is 61.6 Å². The van der Waals surface area contributed by atoms with Gasteiger partial charge in [0.25, 0.3) is 5.91 Å². The molecule has 2 atom stereocenters. The fourth-order valence-electron chi connectivity index (χ4n) is 2.19. The SMILES string of the molecule is CCOC(=O)C(C)(C)COS(=O)(=O)N1C(=O)C(NC(=O)OC(C)(C)C)[C@@H]1C. The molecule has 0 bridgehead atoms. The van der Waals surface area contributed by atoms with Gasteiger partial charge in [-0.2, -0.15) is 8.42 Å². The third-order valence-electron chi connectivity index (χ3n) is 3.65. The second-order valence-corrected chi connectivity index (χ2v) is 9.31. The summed E-state index contributed by atoms with van der Waals surface area (Å²) in [7, 11) is -4.42.